The van der Waals surface area contributed by atoms with Gasteiger partial charge in [-0.2, -0.15) is 0 Å². The number of anilines is 1. The largest absolute Gasteiger partial charge is 0.304 e. The summed E-state index contributed by atoms with van der Waals surface area (Å²) < 4.78 is 1.79. The minimum Gasteiger partial charge on any atom is -0.304 e. The van der Waals surface area contributed by atoms with Crippen molar-refractivity contribution in [1.82, 2.24) is 9.38 Å². The summed E-state index contributed by atoms with van der Waals surface area (Å²) in [6.07, 6.45) is 0. The number of hydrogen-bond donors (Lipinski definition) is 0. The fraction of sp³-hybridized carbons (Fsp3) is 0.0351. The van der Waals surface area contributed by atoms with Gasteiger partial charge in [-0.15, -0.1) is 0 Å². The molecular weight excluding hydrogens is 759 g/mol. The van der Waals surface area contributed by atoms with E-state index in [1.165, 1.54) is 86.4 Å². The summed E-state index contributed by atoms with van der Waals surface area (Å²) in [5.41, 5.74) is 6.35. The fourth-order valence-electron chi connectivity index (χ4n) is 12.4. The van der Waals surface area contributed by atoms with E-state index in [0.717, 1.165) is 65.6 Å². The molecule has 0 saturated carbocycles. The van der Waals surface area contributed by atoms with E-state index >= 15 is 0 Å². The van der Waals surface area contributed by atoms with Crippen molar-refractivity contribution in [1.29, 1.82) is 0 Å². The zero-order chi connectivity index (χ0) is 40.4. The van der Waals surface area contributed by atoms with Crippen molar-refractivity contribution < 1.29 is 4.79 Å². The number of para-hydroxylation sites is 3. The molecule has 1 amide bonds. The van der Waals surface area contributed by atoms with E-state index in [4.69, 9.17) is 4.98 Å². The second kappa shape index (κ2) is 10.4. The maximum atomic E-state index is 14.3. The first-order valence-electron chi connectivity index (χ1n) is 21.3. The van der Waals surface area contributed by atoms with Crippen LogP contribution in [0.15, 0.2) is 150 Å². The Morgan fingerprint density at radius 2 is 0.839 bits per heavy atom. The Labute approximate surface area is 350 Å². The zero-order valence-corrected chi connectivity index (χ0v) is 33.2. The zero-order valence-electron chi connectivity index (χ0n) is 33.2. The van der Waals surface area contributed by atoms with Crippen LogP contribution in [0, 0.1) is 6.92 Å². The Morgan fingerprint density at radius 1 is 0.419 bits per heavy atom. The molecule has 284 valence electrons. The van der Waals surface area contributed by atoms with E-state index in [2.05, 4.69) is 110 Å². The average molecular weight is 788 g/mol. The number of aromatic nitrogens is 2. The smallest absolute Gasteiger partial charge is 0.264 e. The number of nitrogens with zero attached hydrogens (tertiary/aromatic N) is 3. The Bertz CT molecular complexity index is 4540. The first kappa shape index (κ1) is 31.7. The van der Waals surface area contributed by atoms with E-state index in [1.54, 1.807) is 4.40 Å². The summed E-state index contributed by atoms with van der Waals surface area (Å²) in [4.78, 5) is 35.6. The number of fused-ring (bicyclic) bond motifs is 10. The molecule has 0 atom stereocenters. The Morgan fingerprint density at radius 3 is 1.39 bits per heavy atom. The summed E-state index contributed by atoms with van der Waals surface area (Å²) in [7, 11) is 0. The summed E-state index contributed by atoms with van der Waals surface area (Å²) in [6.45, 7) is 2.62. The van der Waals surface area contributed by atoms with Gasteiger partial charge in [0.1, 0.15) is 5.65 Å². The van der Waals surface area contributed by atoms with Crippen LogP contribution in [0.2, 0.25) is 0 Å². The van der Waals surface area contributed by atoms with Gasteiger partial charge < -0.3 is 4.90 Å². The molecule has 1 aliphatic heterocycles. The highest BCUT2D eigenvalue weighted by atomic mass is 16.2. The van der Waals surface area contributed by atoms with Gasteiger partial charge in [0.2, 0.25) is 0 Å². The van der Waals surface area contributed by atoms with Crippen LogP contribution in [0.1, 0.15) is 21.5 Å². The molecule has 0 unspecified atom stereocenters. The SMILES string of the molecule is Cc1ccccc1N1Cc2ccc3c4ccc5c6ccc7c8ccc9c%10c(ccc(c%11ccc(c%12ccc(c%13ccc(c2c%133)C1=O)c4c%125)c6c%117)c8%10)c(=O)n1c2ccccc2nc91. The second-order valence-electron chi connectivity index (χ2n) is 17.6. The second-order valence-corrected chi connectivity index (χ2v) is 17.6. The van der Waals surface area contributed by atoms with Crippen molar-refractivity contribution in [3.05, 3.63) is 173 Å². The van der Waals surface area contributed by atoms with Crippen molar-refractivity contribution in [2.24, 2.45) is 0 Å². The van der Waals surface area contributed by atoms with Crippen molar-refractivity contribution >= 4 is 147 Å². The van der Waals surface area contributed by atoms with E-state index in [9.17, 15) is 9.59 Å². The van der Waals surface area contributed by atoms with E-state index < -0.39 is 0 Å². The maximum absolute atomic E-state index is 14.3. The Kier molecular flexibility index (Phi) is 5.33. The Balaban J connectivity index is 0.990. The number of amides is 1. The lowest BCUT2D eigenvalue weighted by Gasteiger charge is -2.31. The van der Waals surface area contributed by atoms with Gasteiger partial charge in [-0.3, -0.25) is 14.0 Å². The molecule has 0 radical (unpaired) electrons. The lowest BCUT2D eigenvalue weighted by atomic mass is 9.80. The molecule has 3 heterocycles. The van der Waals surface area contributed by atoms with Crippen molar-refractivity contribution in [2.75, 3.05) is 4.90 Å². The Hall–Kier alpha value is -8.15. The standard InChI is InChI=1S/C57H29N3O2/c1-27-6-2-4-8-45(27)59-26-28-10-11-29-31-12-14-33-35-16-18-37-39-20-23-41-54-43(57(62)60-46-9-5-3-7-44(46)58-55(41)60)25-22-40(53(39)54)38-19-17-36(51(35)52(37)38)34-15-13-32(49(31)50(33)34)30-21-24-42(56(59)61)47(28)48(29)30/h2-25H,26H2,1H3. The molecule has 0 N–H and O–H groups in total. The van der Waals surface area contributed by atoms with Crippen LogP contribution < -0.4 is 10.5 Å². The fourth-order valence-corrected chi connectivity index (χ4v) is 12.4. The van der Waals surface area contributed by atoms with Crippen molar-refractivity contribution in [3.63, 3.8) is 0 Å². The summed E-state index contributed by atoms with van der Waals surface area (Å²) in [6, 6.07) is 52.1. The molecule has 0 aliphatic carbocycles. The highest BCUT2D eigenvalue weighted by Gasteiger charge is 2.31. The summed E-state index contributed by atoms with van der Waals surface area (Å²) >= 11 is 0. The molecule has 0 saturated heterocycles. The number of carbonyl (C=O) groups excluding carboxylic acids is 1. The van der Waals surface area contributed by atoms with Crippen LogP contribution >= 0.6 is 0 Å². The molecule has 16 rings (SSSR count). The molecular formula is C57H29N3O2. The molecule has 1 aliphatic rings. The van der Waals surface area contributed by atoms with Crippen LogP contribution in [-0.4, -0.2) is 15.3 Å². The molecule has 2 aromatic heterocycles. The van der Waals surface area contributed by atoms with Gasteiger partial charge in [0, 0.05) is 32.8 Å². The molecule has 15 aromatic rings. The predicted molar refractivity (Wildman–Crippen MR) is 258 cm³/mol. The lowest BCUT2D eigenvalue weighted by molar-refractivity contribution is 0.0984. The maximum Gasteiger partial charge on any atom is 0.264 e. The number of rotatable bonds is 1. The summed E-state index contributed by atoms with van der Waals surface area (Å²) in [5, 5.41) is 25.7. The first-order chi connectivity index (χ1) is 30.5. The number of carbonyl (C=O) groups is 1. The monoisotopic (exact) mass is 787 g/mol. The molecule has 5 heteroatoms. The normalized spacial score (nSPS) is 13.9. The van der Waals surface area contributed by atoms with E-state index in [1.807, 2.05) is 47.4 Å². The molecule has 0 fully saturated rings. The predicted octanol–water partition coefficient (Wildman–Crippen LogP) is 13.8. The molecule has 62 heavy (non-hydrogen) atoms. The van der Waals surface area contributed by atoms with Crippen LogP contribution in [0.4, 0.5) is 5.69 Å². The molecule has 13 aromatic carbocycles. The van der Waals surface area contributed by atoms with Gasteiger partial charge in [0.25, 0.3) is 11.5 Å². The lowest BCUT2D eigenvalue weighted by Crippen LogP contribution is -2.34. The van der Waals surface area contributed by atoms with Crippen LogP contribution in [0.5, 0.6) is 0 Å². The van der Waals surface area contributed by atoms with Crippen LogP contribution in [0.25, 0.3) is 135 Å². The van der Waals surface area contributed by atoms with E-state index in [-0.39, 0.29) is 11.5 Å². The van der Waals surface area contributed by atoms with Gasteiger partial charge in [-0.05, 0) is 151 Å². The van der Waals surface area contributed by atoms with Crippen molar-refractivity contribution in [2.45, 2.75) is 13.5 Å². The van der Waals surface area contributed by atoms with Crippen molar-refractivity contribution in [3.8, 4) is 0 Å². The molecule has 5 nitrogen and oxygen atoms in total. The van der Waals surface area contributed by atoms with Gasteiger partial charge in [0.05, 0.1) is 17.6 Å². The van der Waals surface area contributed by atoms with Gasteiger partial charge in [-0.1, -0.05) is 109 Å². The highest BCUT2D eigenvalue weighted by Crippen LogP contribution is 2.52. The third-order valence-electron chi connectivity index (χ3n) is 14.9. The number of pyridine rings is 1. The third kappa shape index (κ3) is 3.42. The highest BCUT2D eigenvalue weighted by molar-refractivity contribution is 6.47. The third-order valence-corrected chi connectivity index (χ3v) is 14.9. The van der Waals surface area contributed by atoms with E-state index in [0.29, 0.717) is 12.2 Å². The average Bonchev–Trinajstić information content (AvgIpc) is 3.71. The number of aryl methyl sites for hydroxylation is 1. The van der Waals surface area contributed by atoms with Gasteiger partial charge >= 0.3 is 0 Å². The quantitative estimate of drug-likeness (QED) is 0.123. The van der Waals surface area contributed by atoms with Crippen LogP contribution in [-0.2, 0) is 6.54 Å². The molecule has 0 spiro atoms. The topological polar surface area (TPSA) is 54.7 Å². The molecule has 0 bridgehead atoms. The number of benzene rings is 13. The summed E-state index contributed by atoms with van der Waals surface area (Å²) in [5.74, 6) is 0.0560. The van der Waals surface area contributed by atoms with Gasteiger partial charge in [-0.25, -0.2) is 4.98 Å². The number of imidazole rings is 1. The first-order valence-corrected chi connectivity index (χ1v) is 21.3. The van der Waals surface area contributed by atoms with Gasteiger partial charge in [0.15, 0.2) is 0 Å². The number of hydrogen-bond acceptors (Lipinski definition) is 3. The minimum atomic E-state index is -0.0289. The van der Waals surface area contributed by atoms with Crippen LogP contribution in [0.3, 0.4) is 0 Å². The minimum absolute atomic E-state index is 0.0289.